The first-order valence-corrected chi connectivity index (χ1v) is 9.06. The van der Waals surface area contributed by atoms with Crippen molar-refractivity contribution in [1.82, 2.24) is 10.0 Å². The Bertz CT molecular complexity index is 913. The van der Waals surface area contributed by atoms with E-state index < -0.39 is 38.7 Å². The van der Waals surface area contributed by atoms with Crippen molar-refractivity contribution in [2.24, 2.45) is 0 Å². The first-order chi connectivity index (χ1) is 12.2. The van der Waals surface area contributed by atoms with Gasteiger partial charge >= 0.3 is 5.97 Å². The Morgan fingerprint density at radius 3 is 2.31 bits per heavy atom. The number of rotatable bonds is 7. The Kier molecular flexibility index (Phi) is 6.06. The third-order valence-corrected chi connectivity index (χ3v) is 5.09. The molecule has 0 spiro atoms. The van der Waals surface area contributed by atoms with Gasteiger partial charge in [-0.1, -0.05) is 24.3 Å². The van der Waals surface area contributed by atoms with Gasteiger partial charge in [-0.05, 0) is 36.8 Å². The standard InChI is InChI=1S/C17H17FN2O5S/c1-11(20-26(24,25)15-5-3-2-4-14(15)18)16(21)19-10-12-6-8-13(9-7-12)17(22)23/h2-9,11,20H,10H2,1H3,(H,19,21)(H,22,23)/t11-/m1/s1. The predicted molar refractivity (Wildman–Crippen MR) is 91.4 cm³/mol. The molecule has 0 aliphatic rings. The average Bonchev–Trinajstić information content (AvgIpc) is 2.59. The van der Waals surface area contributed by atoms with Crippen molar-refractivity contribution >= 4 is 21.9 Å². The van der Waals surface area contributed by atoms with Crippen LogP contribution in [0.4, 0.5) is 4.39 Å². The summed E-state index contributed by atoms with van der Waals surface area (Å²) < 4.78 is 40.1. The van der Waals surface area contributed by atoms with Crippen LogP contribution in [0, 0.1) is 5.82 Å². The Balaban J connectivity index is 1.97. The van der Waals surface area contributed by atoms with Gasteiger partial charge in [0.25, 0.3) is 0 Å². The van der Waals surface area contributed by atoms with Crippen molar-refractivity contribution < 1.29 is 27.5 Å². The molecule has 2 aromatic rings. The lowest BCUT2D eigenvalue weighted by atomic mass is 10.1. The van der Waals surface area contributed by atoms with E-state index in [0.29, 0.717) is 5.56 Å². The lowest BCUT2D eigenvalue weighted by Gasteiger charge is -2.15. The number of halogens is 1. The summed E-state index contributed by atoms with van der Waals surface area (Å²) in [6.07, 6.45) is 0. The molecule has 0 unspecified atom stereocenters. The Morgan fingerprint density at radius 2 is 1.73 bits per heavy atom. The van der Waals surface area contributed by atoms with E-state index in [2.05, 4.69) is 10.0 Å². The minimum atomic E-state index is -4.18. The first-order valence-electron chi connectivity index (χ1n) is 7.57. The third kappa shape index (κ3) is 4.87. The fraction of sp³-hybridized carbons (Fsp3) is 0.176. The number of benzene rings is 2. The molecule has 0 aliphatic heterocycles. The molecule has 0 aromatic heterocycles. The third-order valence-electron chi connectivity index (χ3n) is 3.52. The molecule has 0 aliphatic carbocycles. The molecular weight excluding hydrogens is 363 g/mol. The van der Waals surface area contributed by atoms with E-state index in [9.17, 15) is 22.4 Å². The van der Waals surface area contributed by atoms with Crippen LogP contribution in [0.3, 0.4) is 0 Å². The van der Waals surface area contributed by atoms with Gasteiger partial charge in [-0.3, -0.25) is 4.79 Å². The van der Waals surface area contributed by atoms with Crippen LogP contribution in [0.1, 0.15) is 22.8 Å². The Labute approximate surface area is 149 Å². The second-order valence-electron chi connectivity index (χ2n) is 5.49. The molecular formula is C17H17FN2O5S. The second kappa shape index (κ2) is 8.07. The van der Waals surface area contributed by atoms with Crippen molar-refractivity contribution in [2.45, 2.75) is 24.4 Å². The molecule has 26 heavy (non-hydrogen) atoms. The maximum atomic E-state index is 13.6. The molecule has 9 heteroatoms. The Morgan fingerprint density at radius 1 is 1.12 bits per heavy atom. The first kappa shape index (κ1) is 19.5. The van der Waals surface area contributed by atoms with Gasteiger partial charge in [-0.2, -0.15) is 4.72 Å². The Hall–Kier alpha value is -2.78. The number of carbonyl (C=O) groups is 2. The predicted octanol–water partition coefficient (Wildman–Crippen LogP) is 1.51. The van der Waals surface area contributed by atoms with Crippen LogP contribution in [0.5, 0.6) is 0 Å². The van der Waals surface area contributed by atoms with Crippen molar-refractivity contribution in [3.8, 4) is 0 Å². The van der Waals surface area contributed by atoms with E-state index >= 15 is 0 Å². The monoisotopic (exact) mass is 380 g/mol. The van der Waals surface area contributed by atoms with Crippen LogP contribution < -0.4 is 10.0 Å². The van der Waals surface area contributed by atoms with Gasteiger partial charge in [0.05, 0.1) is 11.6 Å². The van der Waals surface area contributed by atoms with Gasteiger partial charge in [0.2, 0.25) is 15.9 Å². The van der Waals surface area contributed by atoms with Crippen molar-refractivity contribution in [1.29, 1.82) is 0 Å². The zero-order chi connectivity index (χ0) is 19.3. The summed E-state index contributed by atoms with van der Waals surface area (Å²) >= 11 is 0. The van der Waals surface area contributed by atoms with E-state index in [1.165, 1.54) is 43.3 Å². The van der Waals surface area contributed by atoms with Gasteiger partial charge < -0.3 is 10.4 Å². The molecule has 0 bridgehead atoms. The summed E-state index contributed by atoms with van der Waals surface area (Å²) in [4.78, 5) is 22.3. The summed E-state index contributed by atoms with van der Waals surface area (Å²) in [5.74, 6) is -2.57. The summed E-state index contributed by atoms with van der Waals surface area (Å²) in [5, 5.41) is 11.4. The van der Waals surface area contributed by atoms with Crippen LogP contribution in [-0.2, 0) is 21.4 Å². The number of hydrogen-bond donors (Lipinski definition) is 3. The molecule has 1 atom stereocenters. The van der Waals surface area contributed by atoms with Crippen LogP contribution >= 0.6 is 0 Å². The van der Waals surface area contributed by atoms with Crippen molar-refractivity contribution in [3.63, 3.8) is 0 Å². The fourth-order valence-corrected chi connectivity index (χ4v) is 3.40. The highest BCUT2D eigenvalue weighted by atomic mass is 32.2. The van der Waals surface area contributed by atoms with Gasteiger partial charge in [-0.25, -0.2) is 17.6 Å². The molecule has 0 heterocycles. The quantitative estimate of drug-likeness (QED) is 0.674. The second-order valence-corrected chi connectivity index (χ2v) is 7.18. The molecule has 0 saturated carbocycles. The van der Waals surface area contributed by atoms with E-state index in [1.54, 1.807) is 0 Å². The molecule has 3 N–H and O–H groups in total. The number of amides is 1. The summed E-state index contributed by atoms with van der Waals surface area (Å²) in [7, 11) is -4.18. The fourth-order valence-electron chi connectivity index (χ4n) is 2.12. The zero-order valence-electron chi connectivity index (χ0n) is 13.8. The lowest BCUT2D eigenvalue weighted by Crippen LogP contribution is -2.44. The van der Waals surface area contributed by atoms with E-state index in [0.717, 1.165) is 12.1 Å². The highest BCUT2D eigenvalue weighted by Gasteiger charge is 2.24. The summed E-state index contributed by atoms with van der Waals surface area (Å²) in [6, 6.07) is 9.60. The lowest BCUT2D eigenvalue weighted by molar-refractivity contribution is -0.122. The number of carboxylic acids is 1. The summed E-state index contributed by atoms with van der Waals surface area (Å²) in [6.45, 7) is 1.42. The van der Waals surface area contributed by atoms with Gasteiger partial charge in [-0.15, -0.1) is 0 Å². The minimum Gasteiger partial charge on any atom is -0.478 e. The number of hydrogen-bond acceptors (Lipinski definition) is 4. The van der Waals surface area contributed by atoms with Crippen LogP contribution in [0.25, 0.3) is 0 Å². The summed E-state index contributed by atoms with van der Waals surface area (Å²) in [5.41, 5.74) is 0.763. The van der Waals surface area contributed by atoms with Gasteiger partial charge in [0, 0.05) is 6.54 Å². The average molecular weight is 380 g/mol. The van der Waals surface area contributed by atoms with Crippen LogP contribution in [0.2, 0.25) is 0 Å². The molecule has 2 rings (SSSR count). The highest BCUT2D eigenvalue weighted by Crippen LogP contribution is 2.13. The number of nitrogens with one attached hydrogen (secondary N) is 2. The molecule has 0 saturated heterocycles. The zero-order valence-corrected chi connectivity index (χ0v) is 14.6. The highest BCUT2D eigenvalue weighted by molar-refractivity contribution is 7.89. The van der Waals surface area contributed by atoms with Gasteiger partial charge in [0.15, 0.2) is 0 Å². The maximum absolute atomic E-state index is 13.6. The molecule has 1 amide bonds. The number of carbonyl (C=O) groups excluding carboxylic acids is 1. The molecule has 0 fully saturated rings. The van der Waals surface area contributed by atoms with Crippen LogP contribution in [-0.4, -0.2) is 31.4 Å². The van der Waals surface area contributed by atoms with Crippen molar-refractivity contribution in [2.75, 3.05) is 0 Å². The van der Waals surface area contributed by atoms with Crippen molar-refractivity contribution in [3.05, 3.63) is 65.5 Å². The van der Waals surface area contributed by atoms with Gasteiger partial charge in [0.1, 0.15) is 10.7 Å². The molecule has 2 aromatic carbocycles. The molecule has 138 valence electrons. The maximum Gasteiger partial charge on any atom is 0.335 e. The number of sulfonamides is 1. The minimum absolute atomic E-state index is 0.0878. The number of aromatic carboxylic acids is 1. The molecule has 7 nitrogen and oxygen atoms in total. The van der Waals surface area contributed by atoms with E-state index in [-0.39, 0.29) is 12.1 Å². The SMILES string of the molecule is C[C@@H](NS(=O)(=O)c1ccccc1F)C(=O)NCc1ccc(C(=O)O)cc1. The number of carboxylic acid groups (broad SMARTS) is 1. The largest absolute Gasteiger partial charge is 0.478 e. The molecule has 0 radical (unpaired) electrons. The normalized spacial score (nSPS) is 12.4. The van der Waals surface area contributed by atoms with Crippen LogP contribution in [0.15, 0.2) is 53.4 Å². The smallest absolute Gasteiger partial charge is 0.335 e. The topological polar surface area (TPSA) is 113 Å². The van der Waals surface area contributed by atoms with E-state index in [4.69, 9.17) is 5.11 Å². The van der Waals surface area contributed by atoms with E-state index in [1.807, 2.05) is 0 Å².